The number of hydrogen-bond donors (Lipinski definition) is 2. The van der Waals surface area contributed by atoms with Crippen molar-refractivity contribution < 1.29 is 9.78 Å². The zero-order chi connectivity index (χ0) is 13.3. The van der Waals surface area contributed by atoms with Crippen LogP contribution >= 0.6 is 11.8 Å². The predicted octanol–water partition coefficient (Wildman–Crippen LogP) is 1.84. The van der Waals surface area contributed by atoms with Gasteiger partial charge in [-0.15, -0.1) is 0 Å². The van der Waals surface area contributed by atoms with Gasteiger partial charge in [-0.1, -0.05) is 12.2 Å². The van der Waals surface area contributed by atoms with Gasteiger partial charge in [-0.25, -0.2) is 4.98 Å². The molecular formula is C14H18N3OS+. The summed E-state index contributed by atoms with van der Waals surface area (Å²) in [5.41, 5.74) is 6.86. The van der Waals surface area contributed by atoms with E-state index in [0.29, 0.717) is 5.75 Å². The lowest BCUT2D eigenvalue weighted by Gasteiger charge is -2.09. The molecular weight excluding hydrogens is 258 g/mol. The van der Waals surface area contributed by atoms with Crippen molar-refractivity contribution in [3.63, 3.8) is 0 Å². The number of carbonyl (C=O) groups excluding carboxylic acids is 1. The van der Waals surface area contributed by atoms with E-state index < -0.39 is 0 Å². The number of amides is 1. The van der Waals surface area contributed by atoms with Crippen molar-refractivity contribution in [2.45, 2.75) is 24.3 Å². The highest BCUT2D eigenvalue weighted by Gasteiger charge is 2.05. The number of allylic oxidation sites excluding steroid dienone is 3. The van der Waals surface area contributed by atoms with E-state index in [1.165, 1.54) is 17.3 Å². The number of aromatic nitrogens is 1. The minimum Gasteiger partial charge on any atom is -0.306 e. The van der Waals surface area contributed by atoms with Crippen LogP contribution in [0.3, 0.4) is 0 Å². The van der Waals surface area contributed by atoms with E-state index >= 15 is 0 Å². The second kappa shape index (κ2) is 7.63. The molecule has 0 fully saturated rings. The second-order valence-corrected chi connectivity index (χ2v) is 5.24. The first-order valence-corrected chi connectivity index (χ1v) is 7.30. The lowest BCUT2D eigenvalue weighted by molar-refractivity contribution is -0.426. The van der Waals surface area contributed by atoms with Crippen molar-refractivity contribution in [1.82, 2.24) is 10.9 Å². The van der Waals surface area contributed by atoms with Crippen molar-refractivity contribution in [2.75, 3.05) is 5.75 Å². The monoisotopic (exact) mass is 276 g/mol. The van der Waals surface area contributed by atoms with Crippen LogP contribution in [0, 0.1) is 0 Å². The molecule has 1 heterocycles. The molecule has 1 aromatic rings. The minimum atomic E-state index is -0.0366. The van der Waals surface area contributed by atoms with Crippen LogP contribution in [0.5, 0.6) is 0 Å². The Hall–Kier alpha value is -1.75. The number of hydrazine groups is 1. The van der Waals surface area contributed by atoms with Gasteiger partial charge < -0.3 is 5.43 Å². The van der Waals surface area contributed by atoms with Crippen LogP contribution in [0.15, 0.2) is 53.3 Å². The van der Waals surface area contributed by atoms with E-state index in [4.69, 9.17) is 0 Å². The SMILES string of the molecule is O=C(CSc1cccc[nH+]1)NNC=C1CC=CCC1. The summed E-state index contributed by atoms with van der Waals surface area (Å²) in [7, 11) is 0. The second-order valence-electron chi connectivity index (χ2n) is 4.22. The van der Waals surface area contributed by atoms with Gasteiger partial charge >= 0.3 is 0 Å². The molecule has 100 valence electrons. The van der Waals surface area contributed by atoms with E-state index in [9.17, 15) is 4.79 Å². The summed E-state index contributed by atoms with van der Waals surface area (Å²) in [5, 5.41) is 0.980. The maximum absolute atomic E-state index is 11.6. The summed E-state index contributed by atoms with van der Waals surface area (Å²) in [6, 6.07) is 5.80. The van der Waals surface area contributed by atoms with Gasteiger partial charge in [0.15, 0.2) is 6.20 Å². The molecule has 0 unspecified atom stereocenters. The van der Waals surface area contributed by atoms with E-state index in [1.807, 2.05) is 30.6 Å². The molecule has 19 heavy (non-hydrogen) atoms. The van der Waals surface area contributed by atoms with Crippen molar-refractivity contribution >= 4 is 17.7 Å². The van der Waals surface area contributed by atoms with Crippen LogP contribution in [0.2, 0.25) is 0 Å². The highest BCUT2D eigenvalue weighted by Crippen LogP contribution is 2.15. The van der Waals surface area contributed by atoms with Crippen molar-refractivity contribution in [1.29, 1.82) is 0 Å². The highest BCUT2D eigenvalue weighted by atomic mass is 32.2. The third-order valence-electron chi connectivity index (χ3n) is 2.71. The number of carbonyl (C=O) groups is 1. The number of thioether (sulfide) groups is 1. The third kappa shape index (κ3) is 5.18. The van der Waals surface area contributed by atoms with Crippen molar-refractivity contribution in [3.05, 3.63) is 48.3 Å². The zero-order valence-electron chi connectivity index (χ0n) is 10.7. The fourth-order valence-electron chi connectivity index (χ4n) is 1.72. The Morgan fingerprint density at radius 3 is 3.11 bits per heavy atom. The molecule has 2 rings (SSSR count). The molecule has 0 aliphatic heterocycles. The molecule has 1 amide bonds. The van der Waals surface area contributed by atoms with Gasteiger partial charge in [-0.2, -0.15) is 0 Å². The number of pyridine rings is 1. The van der Waals surface area contributed by atoms with Gasteiger partial charge in [0.2, 0.25) is 10.9 Å². The van der Waals surface area contributed by atoms with E-state index in [-0.39, 0.29) is 5.91 Å². The van der Waals surface area contributed by atoms with Crippen LogP contribution in [-0.4, -0.2) is 11.7 Å². The maximum atomic E-state index is 11.6. The Morgan fingerprint density at radius 2 is 2.37 bits per heavy atom. The molecule has 0 saturated carbocycles. The normalized spacial score (nSPS) is 16.3. The highest BCUT2D eigenvalue weighted by molar-refractivity contribution is 7.99. The average Bonchev–Trinajstić information content (AvgIpc) is 2.47. The summed E-state index contributed by atoms with van der Waals surface area (Å²) in [6.07, 6.45) is 11.2. The molecule has 3 N–H and O–H groups in total. The van der Waals surface area contributed by atoms with Gasteiger partial charge in [-0.3, -0.25) is 10.2 Å². The number of rotatable bonds is 5. The first-order chi connectivity index (χ1) is 9.34. The Bertz CT molecular complexity index is 471. The number of nitrogens with one attached hydrogen (secondary N) is 3. The molecule has 1 aliphatic rings. The van der Waals surface area contributed by atoms with Gasteiger partial charge in [0.25, 0.3) is 0 Å². The zero-order valence-corrected chi connectivity index (χ0v) is 11.5. The molecule has 4 nitrogen and oxygen atoms in total. The van der Waals surface area contributed by atoms with E-state index in [2.05, 4.69) is 28.0 Å². The summed E-state index contributed by atoms with van der Waals surface area (Å²) >= 11 is 1.48. The molecule has 0 atom stereocenters. The maximum Gasteiger partial charge on any atom is 0.248 e. The fraction of sp³-hybridized carbons (Fsp3) is 0.286. The fourth-order valence-corrected chi connectivity index (χ4v) is 2.40. The molecule has 0 aromatic carbocycles. The third-order valence-corrected chi connectivity index (χ3v) is 3.68. The minimum absolute atomic E-state index is 0.0366. The van der Waals surface area contributed by atoms with E-state index in [0.717, 1.165) is 24.3 Å². The molecule has 1 aliphatic carbocycles. The Labute approximate surface area is 117 Å². The van der Waals surface area contributed by atoms with Gasteiger partial charge in [0, 0.05) is 18.3 Å². The van der Waals surface area contributed by atoms with Gasteiger partial charge in [0.1, 0.15) is 0 Å². The standard InChI is InChI=1S/C14H17N3OS/c18-13(11-19-14-8-4-5-9-15-14)17-16-10-12-6-2-1-3-7-12/h1-2,4-5,8-10,16H,3,6-7,11H2,(H,17,18)/p+1. The summed E-state index contributed by atoms with van der Waals surface area (Å²) in [5.74, 6) is 0.349. The molecule has 0 spiro atoms. The first-order valence-electron chi connectivity index (χ1n) is 6.31. The molecule has 1 aromatic heterocycles. The quantitative estimate of drug-likeness (QED) is 0.490. The van der Waals surface area contributed by atoms with Crippen LogP contribution in [0.1, 0.15) is 19.3 Å². The van der Waals surface area contributed by atoms with Crippen molar-refractivity contribution in [3.8, 4) is 0 Å². The number of aromatic amines is 1. The number of H-pyrrole nitrogens is 1. The molecule has 0 bridgehead atoms. The molecule has 0 saturated heterocycles. The largest absolute Gasteiger partial charge is 0.306 e. The van der Waals surface area contributed by atoms with Gasteiger partial charge in [0.05, 0.1) is 5.75 Å². The van der Waals surface area contributed by atoms with Crippen LogP contribution in [-0.2, 0) is 4.79 Å². The average molecular weight is 276 g/mol. The van der Waals surface area contributed by atoms with Crippen LogP contribution < -0.4 is 15.8 Å². The van der Waals surface area contributed by atoms with Gasteiger partial charge in [-0.05, 0) is 42.7 Å². The summed E-state index contributed by atoms with van der Waals surface area (Å²) in [6.45, 7) is 0. The van der Waals surface area contributed by atoms with Crippen LogP contribution in [0.25, 0.3) is 0 Å². The lowest BCUT2D eigenvalue weighted by atomic mass is 10.0. The van der Waals surface area contributed by atoms with Crippen molar-refractivity contribution in [2.24, 2.45) is 0 Å². The summed E-state index contributed by atoms with van der Waals surface area (Å²) < 4.78 is 0. The lowest BCUT2D eigenvalue weighted by Crippen LogP contribution is -2.35. The summed E-state index contributed by atoms with van der Waals surface area (Å²) in [4.78, 5) is 14.7. The first kappa shape index (κ1) is 13.7. The molecule has 5 heteroatoms. The Kier molecular flexibility index (Phi) is 5.49. The van der Waals surface area contributed by atoms with Crippen LogP contribution in [0.4, 0.5) is 0 Å². The smallest absolute Gasteiger partial charge is 0.248 e. The Balaban J connectivity index is 1.66. The predicted molar refractivity (Wildman–Crippen MR) is 76.1 cm³/mol. The topological polar surface area (TPSA) is 55.3 Å². The van der Waals surface area contributed by atoms with E-state index in [1.54, 1.807) is 0 Å². The molecule has 0 radical (unpaired) electrons. The number of hydrogen-bond acceptors (Lipinski definition) is 3. The Morgan fingerprint density at radius 1 is 1.42 bits per heavy atom.